The van der Waals surface area contributed by atoms with Gasteiger partial charge in [0.1, 0.15) is 0 Å². The van der Waals surface area contributed by atoms with Crippen LogP contribution in [0.2, 0.25) is 5.39 Å². The molecule has 0 aromatic heterocycles. The van der Waals surface area contributed by atoms with Gasteiger partial charge in [-0.2, -0.15) is 0 Å². The van der Waals surface area contributed by atoms with E-state index in [0.29, 0.717) is 0 Å². The monoisotopic (exact) mass is 690 g/mol. The fraction of sp³-hybridized carbons (Fsp3) is 0.0526. The van der Waals surface area contributed by atoms with Crippen LogP contribution < -0.4 is 31.8 Å². The Morgan fingerprint density at radius 1 is 0.357 bits per heavy atom. The van der Waals surface area contributed by atoms with Gasteiger partial charge in [-0.15, -0.1) is 0 Å². The van der Waals surface area contributed by atoms with Crippen LogP contribution in [0.15, 0.2) is 182 Å². The Labute approximate surface area is 267 Å². The van der Waals surface area contributed by atoms with Crippen LogP contribution in [0.1, 0.15) is 6.92 Å². The molecule has 6 aromatic rings. The first-order valence-corrected chi connectivity index (χ1v) is 19.7. The Morgan fingerprint density at radius 3 is 0.619 bits per heavy atom. The van der Waals surface area contributed by atoms with Gasteiger partial charge in [-0.05, 0) is 47.7 Å². The van der Waals surface area contributed by atoms with Crippen molar-refractivity contribution in [2.75, 3.05) is 0 Å². The van der Waals surface area contributed by atoms with E-state index in [9.17, 15) is 0 Å². The maximum absolute atomic E-state index is 3.19. The first kappa shape index (κ1) is 32.1. The minimum absolute atomic E-state index is 0.446. The molecule has 6 rings (SSSR count). The van der Waals surface area contributed by atoms with Crippen LogP contribution in [-0.2, 0) is 12.7 Å². The summed E-state index contributed by atoms with van der Waals surface area (Å²) < 4.78 is 0. The van der Waals surface area contributed by atoms with Crippen molar-refractivity contribution in [2.45, 2.75) is 12.3 Å². The van der Waals surface area contributed by atoms with Crippen LogP contribution in [0.25, 0.3) is 0 Å². The van der Waals surface area contributed by atoms with Crippen LogP contribution in [0.5, 0.6) is 0 Å². The topological polar surface area (TPSA) is 0 Å². The summed E-state index contributed by atoms with van der Waals surface area (Å²) in [6.07, 6.45) is 0. The van der Waals surface area contributed by atoms with E-state index in [1.807, 2.05) is 0 Å². The van der Waals surface area contributed by atoms with Crippen LogP contribution in [0.4, 0.5) is 0 Å². The summed E-state index contributed by atoms with van der Waals surface area (Å²) in [6.45, 7) is 2.11. The van der Waals surface area contributed by atoms with Gasteiger partial charge in [0, 0.05) is 0 Å². The van der Waals surface area contributed by atoms with Gasteiger partial charge in [-0.3, -0.25) is 0 Å². The van der Waals surface area contributed by atoms with Gasteiger partial charge in [-0.1, -0.05) is 182 Å². The number of hydrogen-bond donors (Lipinski definition) is 0. The van der Waals surface area contributed by atoms with Crippen LogP contribution in [0.3, 0.4) is 0 Å². The number of benzene rings is 6. The zero-order valence-corrected chi connectivity index (χ0v) is 28.0. The molecule has 0 bridgehead atoms. The van der Waals surface area contributed by atoms with Gasteiger partial charge in [-0.25, -0.2) is 0 Å². The minimum atomic E-state index is -0.446. The predicted octanol–water partition coefficient (Wildman–Crippen LogP) is 8.71. The summed E-state index contributed by atoms with van der Waals surface area (Å²) in [6, 6.07) is 64.7. The fourth-order valence-corrected chi connectivity index (χ4v) is 8.97. The molecular formula is C38H35BrNiP2. The molecule has 0 saturated carbocycles. The van der Waals surface area contributed by atoms with E-state index >= 15 is 0 Å². The first-order valence-electron chi connectivity index (χ1n) is 13.9. The Morgan fingerprint density at radius 2 is 0.500 bits per heavy atom. The average molecular weight is 692 g/mol. The van der Waals surface area contributed by atoms with E-state index in [-0.39, 0.29) is 0 Å². The van der Waals surface area contributed by atoms with Crippen molar-refractivity contribution in [2.24, 2.45) is 0 Å². The second kappa shape index (κ2) is 18.6. The SMILES string of the molecule is C[CH2][Ni][Br].c1ccc(P(c2ccccc2)c2ccccc2)cc1.c1ccc(P(c2ccccc2)c2ccccc2)cc1. The summed E-state index contributed by atoms with van der Waals surface area (Å²) in [5.74, 6) is 0. The summed E-state index contributed by atoms with van der Waals surface area (Å²) >= 11 is 4.72. The van der Waals surface area contributed by atoms with Crippen molar-refractivity contribution in [3.8, 4) is 0 Å². The molecule has 0 radical (unpaired) electrons. The van der Waals surface area contributed by atoms with E-state index < -0.39 is 15.8 Å². The van der Waals surface area contributed by atoms with Gasteiger partial charge in [0.15, 0.2) is 0 Å². The van der Waals surface area contributed by atoms with E-state index in [4.69, 9.17) is 0 Å². The largest absolute Gasteiger partial charge is 0.0622 e. The molecule has 0 aliphatic carbocycles. The Kier molecular flexibility index (Phi) is 14.2. The first-order chi connectivity index (χ1) is 20.8. The zero-order chi connectivity index (χ0) is 29.2. The number of halogens is 1. The maximum atomic E-state index is 3.19. The summed E-state index contributed by atoms with van der Waals surface area (Å²) in [7, 11) is -0.892. The second-order valence-corrected chi connectivity index (χ2v) is 15.9. The van der Waals surface area contributed by atoms with Gasteiger partial charge in [0.25, 0.3) is 0 Å². The third-order valence-electron chi connectivity index (χ3n) is 6.17. The molecule has 0 aliphatic heterocycles. The molecule has 0 heterocycles. The molecule has 0 amide bonds. The average Bonchev–Trinajstić information content (AvgIpc) is 3.08. The molecule has 0 spiro atoms. The smallest absolute Gasteiger partial charge is 0.0134 e. The van der Waals surface area contributed by atoms with Crippen molar-refractivity contribution in [1.29, 1.82) is 0 Å². The van der Waals surface area contributed by atoms with E-state index in [0.717, 1.165) is 0 Å². The van der Waals surface area contributed by atoms with Crippen LogP contribution in [0, 0.1) is 0 Å². The van der Waals surface area contributed by atoms with Gasteiger partial charge < -0.3 is 0 Å². The molecule has 42 heavy (non-hydrogen) atoms. The van der Waals surface area contributed by atoms with Crippen molar-refractivity contribution in [3.05, 3.63) is 182 Å². The molecular weight excluding hydrogens is 657 g/mol. The summed E-state index contributed by atoms with van der Waals surface area (Å²) in [5, 5.41) is 9.56. The van der Waals surface area contributed by atoms with E-state index in [1.165, 1.54) is 49.9 Å². The maximum Gasteiger partial charge on any atom is -0.0134 e. The quantitative estimate of drug-likeness (QED) is 0.116. The standard InChI is InChI=1S/2C18H15P.C2H5.BrH.Ni/c2*1-4-10-16(11-5-1)19(17-12-6-2-7-13-17)18-14-8-3-9-15-18;1-2;;/h2*1-15H;1H2,2H3;1H;/q;;;;+1/p-1. The van der Waals surface area contributed by atoms with Gasteiger partial charge in [0.2, 0.25) is 0 Å². The van der Waals surface area contributed by atoms with Gasteiger partial charge in [0.05, 0.1) is 0 Å². The van der Waals surface area contributed by atoms with Crippen molar-refractivity contribution in [1.82, 2.24) is 0 Å². The normalized spacial score (nSPS) is 10.4. The molecule has 0 aliphatic rings. The molecule has 214 valence electrons. The summed E-state index contributed by atoms with van der Waals surface area (Å²) in [4.78, 5) is 0. The minimum Gasteiger partial charge on any atom is -0.0622 e. The number of hydrogen-bond acceptors (Lipinski definition) is 0. The van der Waals surface area contributed by atoms with Gasteiger partial charge >= 0.3 is 39.2 Å². The zero-order valence-electron chi connectivity index (χ0n) is 23.6. The van der Waals surface area contributed by atoms with E-state index in [2.05, 4.69) is 203 Å². The van der Waals surface area contributed by atoms with E-state index in [1.54, 1.807) is 0 Å². The molecule has 0 atom stereocenters. The van der Waals surface area contributed by atoms with Crippen LogP contribution >= 0.6 is 30.1 Å². The van der Waals surface area contributed by atoms with Crippen LogP contribution in [-0.4, -0.2) is 0 Å². The third kappa shape index (κ3) is 9.87. The molecule has 0 N–H and O–H groups in total. The predicted molar refractivity (Wildman–Crippen MR) is 190 cm³/mol. The second-order valence-electron chi connectivity index (χ2n) is 8.99. The Balaban J connectivity index is 0.000000171. The van der Waals surface area contributed by atoms with Crippen molar-refractivity contribution in [3.63, 3.8) is 0 Å². The van der Waals surface area contributed by atoms with Crippen molar-refractivity contribution >= 4 is 61.9 Å². The third-order valence-corrected chi connectivity index (χ3v) is 12.8. The molecule has 0 nitrogen and oxygen atoms in total. The molecule has 0 fully saturated rings. The Bertz CT molecular complexity index is 1210. The molecule has 6 aromatic carbocycles. The number of rotatable bonds is 7. The molecule has 0 saturated heterocycles. The molecule has 4 heteroatoms. The summed E-state index contributed by atoms with van der Waals surface area (Å²) in [5.41, 5.74) is 0. The van der Waals surface area contributed by atoms with Crippen molar-refractivity contribution < 1.29 is 12.7 Å². The fourth-order valence-electron chi connectivity index (χ4n) is 4.36. The molecule has 0 unspecified atom stereocenters. The Hall–Kier alpha value is -2.85.